The van der Waals surface area contributed by atoms with Crippen LogP contribution in [-0.2, 0) is 4.79 Å². The average molecular weight is 274 g/mol. The molecule has 0 aliphatic heterocycles. The van der Waals surface area contributed by atoms with E-state index in [1.54, 1.807) is 0 Å². The van der Waals surface area contributed by atoms with Gasteiger partial charge in [0.15, 0.2) is 0 Å². The van der Waals surface area contributed by atoms with E-state index in [0.29, 0.717) is 12.8 Å². The molecule has 0 aromatic carbocycles. The second-order valence-electron chi connectivity index (χ2n) is 5.14. The topological polar surface area (TPSA) is 110 Å². The summed E-state index contributed by atoms with van der Waals surface area (Å²) in [6.07, 6.45) is 3.15. The van der Waals surface area contributed by atoms with Gasteiger partial charge < -0.3 is 25.5 Å². The lowest BCUT2D eigenvalue weighted by molar-refractivity contribution is -0.139. The molecule has 0 radical (unpaired) electrons. The number of amides is 2. The Morgan fingerprint density at radius 2 is 1.95 bits per heavy atom. The molecular formula is C12H22N2O5. The molecule has 1 fully saturated rings. The number of carbonyl (C=O) groups excluding carboxylic acids is 1. The van der Waals surface area contributed by atoms with E-state index in [2.05, 4.69) is 5.32 Å². The lowest BCUT2D eigenvalue weighted by Crippen LogP contribution is -2.50. The van der Waals surface area contributed by atoms with E-state index in [1.807, 2.05) is 0 Å². The lowest BCUT2D eigenvalue weighted by Gasteiger charge is -2.29. The van der Waals surface area contributed by atoms with Gasteiger partial charge in [-0.2, -0.15) is 0 Å². The first-order chi connectivity index (χ1) is 8.88. The van der Waals surface area contributed by atoms with Gasteiger partial charge in [0.05, 0.1) is 12.1 Å². The SMILES string of the molecule is CN(CC1(O)CCCC1)C(=O)N[C@H](CCO)C(=O)O. The van der Waals surface area contributed by atoms with Crippen molar-refractivity contribution in [1.82, 2.24) is 10.2 Å². The highest BCUT2D eigenvalue weighted by Crippen LogP contribution is 2.29. The van der Waals surface area contributed by atoms with Crippen LogP contribution < -0.4 is 5.32 Å². The number of carboxylic acid groups (broad SMARTS) is 1. The van der Waals surface area contributed by atoms with Crippen molar-refractivity contribution in [1.29, 1.82) is 0 Å². The molecule has 0 aromatic heterocycles. The van der Waals surface area contributed by atoms with Gasteiger partial charge in [-0.3, -0.25) is 0 Å². The summed E-state index contributed by atoms with van der Waals surface area (Å²) in [5.74, 6) is -1.18. The van der Waals surface area contributed by atoms with Gasteiger partial charge in [-0.25, -0.2) is 9.59 Å². The Hall–Kier alpha value is -1.34. The van der Waals surface area contributed by atoms with Gasteiger partial charge in [0.25, 0.3) is 0 Å². The Kier molecular flexibility index (Phi) is 5.56. The molecule has 7 nitrogen and oxygen atoms in total. The maximum Gasteiger partial charge on any atom is 0.326 e. The highest BCUT2D eigenvalue weighted by Gasteiger charge is 2.34. The fourth-order valence-electron chi connectivity index (χ4n) is 2.35. The molecule has 0 heterocycles. The number of hydrogen-bond acceptors (Lipinski definition) is 4. The van der Waals surface area contributed by atoms with Crippen molar-refractivity contribution < 1.29 is 24.9 Å². The molecule has 1 atom stereocenters. The van der Waals surface area contributed by atoms with Crippen molar-refractivity contribution in [2.75, 3.05) is 20.2 Å². The molecule has 110 valence electrons. The number of likely N-dealkylation sites (N-methyl/N-ethyl adjacent to an activating group) is 1. The van der Waals surface area contributed by atoms with E-state index in [0.717, 1.165) is 12.8 Å². The van der Waals surface area contributed by atoms with Crippen LogP contribution >= 0.6 is 0 Å². The van der Waals surface area contributed by atoms with E-state index in [1.165, 1.54) is 11.9 Å². The van der Waals surface area contributed by atoms with Crippen LogP contribution in [0, 0.1) is 0 Å². The Morgan fingerprint density at radius 3 is 2.42 bits per heavy atom. The Morgan fingerprint density at radius 1 is 1.37 bits per heavy atom. The first-order valence-electron chi connectivity index (χ1n) is 6.45. The standard InChI is InChI=1S/C12H22N2O5/c1-14(8-12(19)5-2-3-6-12)11(18)13-9(4-7-15)10(16)17/h9,15,19H,2-8H2,1H3,(H,13,18)(H,16,17)/t9-/m1/s1. The number of nitrogens with zero attached hydrogens (tertiary/aromatic N) is 1. The quantitative estimate of drug-likeness (QED) is 0.535. The maximum atomic E-state index is 11.8. The molecule has 1 saturated carbocycles. The van der Waals surface area contributed by atoms with E-state index >= 15 is 0 Å². The third-order valence-electron chi connectivity index (χ3n) is 3.43. The third kappa shape index (κ3) is 4.68. The number of carboxylic acids is 1. The number of urea groups is 1. The number of aliphatic hydroxyl groups excluding tert-OH is 1. The average Bonchev–Trinajstić information content (AvgIpc) is 2.74. The minimum Gasteiger partial charge on any atom is -0.480 e. The molecule has 2 amide bonds. The normalized spacial score (nSPS) is 18.9. The van der Waals surface area contributed by atoms with E-state index in [-0.39, 0.29) is 19.6 Å². The van der Waals surface area contributed by atoms with E-state index in [9.17, 15) is 14.7 Å². The molecule has 4 N–H and O–H groups in total. The minimum atomic E-state index is -1.18. The molecule has 1 aliphatic rings. The number of rotatable bonds is 6. The van der Waals surface area contributed by atoms with E-state index < -0.39 is 23.6 Å². The second kappa shape index (κ2) is 6.72. The van der Waals surface area contributed by atoms with Gasteiger partial charge in [-0.05, 0) is 12.8 Å². The minimum absolute atomic E-state index is 0.0425. The van der Waals surface area contributed by atoms with Crippen LogP contribution in [0.4, 0.5) is 4.79 Å². The van der Waals surface area contributed by atoms with E-state index in [4.69, 9.17) is 10.2 Å². The monoisotopic (exact) mass is 274 g/mol. The number of nitrogens with one attached hydrogen (secondary N) is 1. The largest absolute Gasteiger partial charge is 0.480 e. The zero-order valence-electron chi connectivity index (χ0n) is 11.1. The van der Waals surface area contributed by atoms with Crippen LogP contribution in [0.1, 0.15) is 32.1 Å². The summed E-state index contributed by atoms with van der Waals surface area (Å²) >= 11 is 0. The van der Waals surface area contributed by atoms with Crippen LogP contribution in [0.2, 0.25) is 0 Å². The molecule has 0 unspecified atom stereocenters. The molecule has 19 heavy (non-hydrogen) atoms. The summed E-state index contributed by atoms with van der Waals surface area (Å²) in [7, 11) is 1.52. The number of carbonyl (C=O) groups is 2. The maximum absolute atomic E-state index is 11.8. The molecule has 7 heteroatoms. The smallest absolute Gasteiger partial charge is 0.326 e. The first-order valence-corrected chi connectivity index (χ1v) is 6.45. The predicted molar refractivity (Wildman–Crippen MR) is 67.7 cm³/mol. The van der Waals surface area contributed by atoms with Gasteiger partial charge >= 0.3 is 12.0 Å². The van der Waals surface area contributed by atoms with Gasteiger partial charge in [0, 0.05) is 20.1 Å². The third-order valence-corrected chi connectivity index (χ3v) is 3.43. The van der Waals surface area contributed by atoms with Crippen LogP contribution in [0.5, 0.6) is 0 Å². The number of aliphatic hydroxyl groups is 2. The molecule has 1 rings (SSSR count). The first kappa shape index (κ1) is 15.7. The zero-order chi connectivity index (χ0) is 14.5. The van der Waals surface area contributed by atoms with Crippen LogP contribution in [0.15, 0.2) is 0 Å². The summed E-state index contributed by atoms with van der Waals surface area (Å²) < 4.78 is 0. The zero-order valence-corrected chi connectivity index (χ0v) is 11.1. The predicted octanol–water partition coefficient (Wildman–Crippen LogP) is -0.231. The summed E-state index contributed by atoms with van der Waals surface area (Å²) in [4.78, 5) is 24.0. The van der Waals surface area contributed by atoms with Crippen molar-refractivity contribution in [3.8, 4) is 0 Å². The van der Waals surface area contributed by atoms with Gasteiger partial charge in [0.1, 0.15) is 6.04 Å². The Labute approximate surface area is 112 Å². The highest BCUT2D eigenvalue weighted by atomic mass is 16.4. The van der Waals surface area contributed by atoms with Crippen molar-refractivity contribution in [2.24, 2.45) is 0 Å². The molecule has 0 saturated heterocycles. The van der Waals surface area contributed by atoms with Gasteiger partial charge in [-0.1, -0.05) is 12.8 Å². The highest BCUT2D eigenvalue weighted by molar-refractivity contribution is 5.82. The van der Waals surface area contributed by atoms with Crippen LogP contribution in [0.3, 0.4) is 0 Å². The number of aliphatic carboxylic acids is 1. The fourth-order valence-corrected chi connectivity index (χ4v) is 2.35. The van der Waals surface area contributed by atoms with Gasteiger partial charge in [0.2, 0.25) is 0 Å². The van der Waals surface area contributed by atoms with Crippen molar-refractivity contribution >= 4 is 12.0 Å². The summed E-state index contributed by atoms with van der Waals surface area (Å²) in [6.45, 7) is -0.130. The molecule has 0 spiro atoms. The molecule has 1 aliphatic carbocycles. The van der Waals surface area contributed by atoms with Crippen molar-refractivity contribution in [2.45, 2.75) is 43.7 Å². The Balaban J connectivity index is 2.49. The van der Waals surface area contributed by atoms with Crippen LogP contribution in [-0.4, -0.2) is 64.1 Å². The summed E-state index contributed by atoms with van der Waals surface area (Å²) in [5, 5.41) is 30.1. The van der Waals surface area contributed by atoms with Crippen molar-refractivity contribution in [3.63, 3.8) is 0 Å². The molecule has 0 bridgehead atoms. The summed E-state index contributed by atoms with van der Waals surface area (Å²) in [6, 6.07) is -1.67. The van der Waals surface area contributed by atoms with Gasteiger partial charge in [-0.15, -0.1) is 0 Å². The van der Waals surface area contributed by atoms with Crippen LogP contribution in [0.25, 0.3) is 0 Å². The lowest BCUT2D eigenvalue weighted by atomic mass is 10.0. The Bertz CT molecular complexity index is 328. The second-order valence-corrected chi connectivity index (χ2v) is 5.14. The molecule has 0 aromatic rings. The fraction of sp³-hybridized carbons (Fsp3) is 0.833. The molecular weight excluding hydrogens is 252 g/mol. The number of hydrogen-bond donors (Lipinski definition) is 4. The summed E-state index contributed by atoms with van der Waals surface area (Å²) in [5.41, 5.74) is -0.859. The van der Waals surface area contributed by atoms with Crippen molar-refractivity contribution in [3.05, 3.63) is 0 Å².